The van der Waals surface area contributed by atoms with Gasteiger partial charge < -0.3 is 10.2 Å². The molecule has 0 bridgehead atoms. The molecule has 1 N–H and O–H groups in total. The first-order valence-corrected chi connectivity index (χ1v) is 14.5. The third-order valence-electron chi connectivity index (χ3n) is 7.07. The molecule has 4 heterocycles. The zero-order valence-electron chi connectivity index (χ0n) is 21.7. The predicted molar refractivity (Wildman–Crippen MR) is 143 cm³/mol. The molecule has 3 aromatic rings. The van der Waals surface area contributed by atoms with E-state index < -0.39 is 40.0 Å². The second kappa shape index (κ2) is 10.8. The lowest BCUT2D eigenvalue weighted by atomic mass is 10.0. The average Bonchev–Trinajstić information content (AvgIpc) is 3.49. The number of hydrogen-bond acceptors (Lipinski definition) is 8. The number of para-hydroxylation sites is 2. The Morgan fingerprint density at radius 1 is 1.08 bits per heavy atom. The normalized spacial score (nSPS) is 20.4. The maximum absolute atomic E-state index is 13.7. The Bertz CT molecular complexity index is 1510. The lowest BCUT2D eigenvalue weighted by Gasteiger charge is -2.29. The van der Waals surface area contributed by atoms with E-state index in [2.05, 4.69) is 20.3 Å². The van der Waals surface area contributed by atoms with Gasteiger partial charge in [0.2, 0.25) is 15.9 Å². The van der Waals surface area contributed by atoms with Crippen LogP contribution >= 0.6 is 0 Å². The van der Waals surface area contributed by atoms with Crippen molar-refractivity contribution in [3.63, 3.8) is 0 Å². The summed E-state index contributed by atoms with van der Waals surface area (Å²) in [7, 11) is -3.83. The summed E-state index contributed by atoms with van der Waals surface area (Å²) in [6.45, 7) is 3.79. The number of Topliss-reactive ketones (excluding diaryl/α,β-unsaturated/α-hetero) is 1. The fourth-order valence-electron chi connectivity index (χ4n) is 5.33. The van der Waals surface area contributed by atoms with Gasteiger partial charge >= 0.3 is 0 Å². The van der Waals surface area contributed by atoms with Crippen LogP contribution in [0.5, 0.6) is 0 Å². The van der Waals surface area contributed by atoms with Gasteiger partial charge in [-0.05, 0) is 43.0 Å². The number of sulfonamides is 1. The molecule has 0 aliphatic carbocycles. The third kappa shape index (κ3) is 5.52. The van der Waals surface area contributed by atoms with E-state index in [0.29, 0.717) is 29.6 Å². The maximum Gasteiger partial charge on any atom is 0.272 e. The number of rotatable bonds is 8. The van der Waals surface area contributed by atoms with E-state index in [1.807, 2.05) is 19.9 Å². The molecule has 0 spiro atoms. The standard InChI is InChI=1S/C27H30N6O5S/c1-17(2)13-21(31-26(35)22-14-29-19-8-3-4-9-20(19)30-22)27(36)32-12-10-23-25(32)24(34)15-33(23)39(37,38)16-18-7-5-6-11-28-18/h3-9,11,14,17,21,23,25H,10,12-13,15-16H2,1-2H3,(H,31,35). The molecular formula is C27H30N6O5S. The molecule has 11 nitrogen and oxygen atoms in total. The lowest BCUT2D eigenvalue weighted by Crippen LogP contribution is -2.53. The van der Waals surface area contributed by atoms with Crippen LogP contribution in [0.25, 0.3) is 11.0 Å². The monoisotopic (exact) mass is 550 g/mol. The molecule has 3 unspecified atom stereocenters. The Kier molecular flexibility index (Phi) is 7.41. The van der Waals surface area contributed by atoms with Crippen molar-refractivity contribution in [2.45, 2.75) is 50.6 Å². The molecule has 0 saturated carbocycles. The number of amides is 2. The van der Waals surface area contributed by atoms with Crippen molar-refractivity contribution in [2.24, 2.45) is 5.92 Å². The summed E-state index contributed by atoms with van der Waals surface area (Å²) < 4.78 is 27.6. The van der Waals surface area contributed by atoms with Crippen molar-refractivity contribution in [2.75, 3.05) is 13.1 Å². The number of likely N-dealkylation sites (tertiary alicyclic amines) is 1. The minimum Gasteiger partial charge on any atom is -0.339 e. The topological polar surface area (TPSA) is 143 Å². The smallest absolute Gasteiger partial charge is 0.272 e. The maximum atomic E-state index is 13.7. The van der Waals surface area contributed by atoms with Crippen LogP contribution in [0.3, 0.4) is 0 Å². The summed E-state index contributed by atoms with van der Waals surface area (Å²) >= 11 is 0. The van der Waals surface area contributed by atoms with Gasteiger partial charge in [-0.25, -0.2) is 13.4 Å². The largest absolute Gasteiger partial charge is 0.339 e. The van der Waals surface area contributed by atoms with E-state index >= 15 is 0 Å². The molecule has 204 valence electrons. The Hall–Kier alpha value is -3.77. The average molecular weight is 551 g/mol. The number of nitrogens with one attached hydrogen (secondary N) is 1. The lowest BCUT2D eigenvalue weighted by molar-refractivity contribution is -0.138. The zero-order chi connectivity index (χ0) is 27.7. The fourth-order valence-corrected chi connectivity index (χ4v) is 6.99. The molecule has 2 aliphatic heterocycles. The van der Waals surface area contributed by atoms with Gasteiger partial charge in [0.25, 0.3) is 5.91 Å². The number of ketones is 1. The minimum absolute atomic E-state index is 0.0647. The Morgan fingerprint density at radius 3 is 2.54 bits per heavy atom. The molecule has 3 atom stereocenters. The number of carbonyl (C=O) groups excluding carboxylic acids is 3. The number of fused-ring (bicyclic) bond motifs is 2. The predicted octanol–water partition coefficient (Wildman–Crippen LogP) is 1.55. The summed E-state index contributed by atoms with van der Waals surface area (Å²) in [5.41, 5.74) is 1.67. The van der Waals surface area contributed by atoms with Crippen LogP contribution in [0.15, 0.2) is 54.9 Å². The zero-order valence-corrected chi connectivity index (χ0v) is 22.5. The summed E-state index contributed by atoms with van der Waals surface area (Å²) in [4.78, 5) is 54.1. The number of pyridine rings is 1. The van der Waals surface area contributed by atoms with Crippen molar-refractivity contribution in [3.05, 3.63) is 66.2 Å². The molecule has 2 fully saturated rings. The van der Waals surface area contributed by atoms with Crippen molar-refractivity contribution in [3.8, 4) is 0 Å². The van der Waals surface area contributed by atoms with Crippen LogP contribution < -0.4 is 5.32 Å². The third-order valence-corrected chi connectivity index (χ3v) is 8.84. The minimum atomic E-state index is -3.83. The van der Waals surface area contributed by atoms with Gasteiger partial charge in [-0.3, -0.25) is 24.4 Å². The Balaban J connectivity index is 1.33. The van der Waals surface area contributed by atoms with E-state index in [9.17, 15) is 22.8 Å². The second-order valence-electron chi connectivity index (χ2n) is 10.3. The van der Waals surface area contributed by atoms with Gasteiger partial charge in [0.15, 0.2) is 5.78 Å². The van der Waals surface area contributed by atoms with Crippen molar-refractivity contribution in [1.29, 1.82) is 0 Å². The van der Waals surface area contributed by atoms with E-state index in [0.717, 1.165) is 0 Å². The summed E-state index contributed by atoms with van der Waals surface area (Å²) in [6, 6.07) is 9.76. The van der Waals surface area contributed by atoms with E-state index in [-0.39, 0.29) is 36.2 Å². The van der Waals surface area contributed by atoms with Crippen LogP contribution in [-0.4, -0.2) is 81.4 Å². The molecule has 2 saturated heterocycles. The number of aromatic nitrogens is 3. The van der Waals surface area contributed by atoms with E-state index in [4.69, 9.17) is 0 Å². The van der Waals surface area contributed by atoms with Crippen LogP contribution in [0.2, 0.25) is 0 Å². The van der Waals surface area contributed by atoms with E-state index in [1.165, 1.54) is 21.6 Å². The van der Waals surface area contributed by atoms with E-state index in [1.54, 1.807) is 36.4 Å². The van der Waals surface area contributed by atoms with Gasteiger partial charge in [0.1, 0.15) is 23.5 Å². The molecule has 2 aromatic heterocycles. The SMILES string of the molecule is CC(C)CC(NC(=O)c1cnc2ccccc2n1)C(=O)N1CCC2C1C(=O)CN2S(=O)(=O)Cc1ccccn1. The highest BCUT2D eigenvalue weighted by atomic mass is 32.2. The van der Waals surface area contributed by atoms with Crippen LogP contribution in [0.4, 0.5) is 0 Å². The quantitative estimate of drug-likeness (QED) is 0.445. The van der Waals surface area contributed by atoms with Gasteiger partial charge in [-0.2, -0.15) is 4.31 Å². The summed E-state index contributed by atoms with van der Waals surface area (Å²) in [5.74, 6) is -1.53. The first kappa shape index (κ1) is 26.8. The molecule has 2 aliphatic rings. The number of carbonyl (C=O) groups is 3. The molecular weight excluding hydrogens is 520 g/mol. The van der Waals surface area contributed by atoms with Crippen molar-refractivity contribution >= 4 is 38.7 Å². The van der Waals surface area contributed by atoms with Crippen LogP contribution in [0.1, 0.15) is 42.9 Å². The van der Waals surface area contributed by atoms with Gasteiger partial charge in [0, 0.05) is 12.7 Å². The number of nitrogens with zero attached hydrogens (tertiary/aromatic N) is 5. The van der Waals surface area contributed by atoms with Gasteiger partial charge in [-0.15, -0.1) is 0 Å². The van der Waals surface area contributed by atoms with Crippen molar-refractivity contribution in [1.82, 2.24) is 29.5 Å². The van der Waals surface area contributed by atoms with Gasteiger partial charge in [-0.1, -0.05) is 32.0 Å². The Labute approximate surface area is 226 Å². The van der Waals surface area contributed by atoms with Gasteiger partial charge in [0.05, 0.1) is 35.5 Å². The van der Waals surface area contributed by atoms with Crippen LogP contribution in [0, 0.1) is 5.92 Å². The summed E-state index contributed by atoms with van der Waals surface area (Å²) in [5, 5.41) is 2.79. The highest BCUT2D eigenvalue weighted by molar-refractivity contribution is 7.88. The summed E-state index contributed by atoms with van der Waals surface area (Å²) in [6.07, 6.45) is 3.56. The first-order valence-electron chi connectivity index (χ1n) is 12.9. The fraction of sp³-hybridized carbons (Fsp3) is 0.407. The molecule has 12 heteroatoms. The molecule has 5 rings (SSSR count). The molecule has 39 heavy (non-hydrogen) atoms. The first-order chi connectivity index (χ1) is 18.6. The second-order valence-corrected chi connectivity index (χ2v) is 12.2. The van der Waals surface area contributed by atoms with Crippen molar-refractivity contribution < 1.29 is 22.8 Å². The highest BCUT2D eigenvalue weighted by Gasteiger charge is 2.54. The highest BCUT2D eigenvalue weighted by Crippen LogP contribution is 2.33. The Morgan fingerprint density at radius 2 is 1.82 bits per heavy atom. The number of hydrogen-bond donors (Lipinski definition) is 1. The molecule has 0 radical (unpaired) electrons. The molecule has 2 amide bonds. The number of benzene rings is 1. The molecule has 1 aromatic carbocycles. The van der Waals surface area contributed by atoms with Crippen LogP contribution in [-0.2, 0) is 25.4 Å².